The fraction of sp³-hybridized carbons (Fsp3) is 0.571. The number of nitrogens with one attached hydrogen (secondary N) is 1. The van der Waals surface area contributed by atoms with Crippen LogP contribution in [-0.2, 0) is 0 Å². The Balaban J connectivity index is 2.05. The molecule has 0 saturated heterocycles. The summed E-state index contributed by atoms with van der Waals surface area (Å²) in [4.78, 5) is 0. The molecule has 0 aromatic heterocycles. The zero-order valence-corrected chi connectivity index (χ0v) is 10.4. The van der Waals surface area contributed by atoms with Crippen molar-refractivity contribution in [2.45, 2.75) is 45.6 Å². The van der Waals surface area contributed by atoms with E-state index in [0.29, 0.717) is 17.1 Å². The number of rotatable bonds is 2. The van der Waals surface area contributed by atoms with Gasteiger partial charge in [-0.25, -0.2) is 8.78 Å². The standard InChI is InChI=1S/C14H19F2N/c1-14(2)7-3-4-11(9-14)17-13-6-5-10(15)8-12(13)16/h5-6,8,11,17H,3-4,7,9H2,1-2H3. The van der Waals surface area contributed by atoms with Crippen molar-refractivity contribution >= 4 is 5.69 Å². The van der Waals surface area contributed by atoms with E-state index in [-0.39, 0.29) is 0 Å². The van der Waals surface area contributed by atoms with Crippen LogP contribution in [0.5, 0.6) is 0 Å². The summed E-state index contributed by atoms with van der Waals surface area (Å²) in [6, 6.07) is 3.99. The fourth-order valence-corrected chi connectivity index (χ4v) is 2.65. The molecule has 0 amide bonds. The number of hydrogen-bond donors (Lipinski definition) is 1. The highest BCUT2D eigenvalue weighted by Crippen LogP contribution is 2.36. The third-order valence-corrected chi connectivity index (χ3v) is 3.50. The van der Waals surface area contributed by atoms with E-state index >= 15 is 0 Å². The van der Waals surface area contributed by atoms with E-state index in [1.54, 1.807) is 0 Å². The Labute approximate surface area is 101 Å². The van der Waals surface area contributed by atoms with E-state index < -0.39 is 11.6 Å². The third-order valence-electron chi connectivity index (χ3n) is 3.50. The van der Waals surface area contributed by atoms with Crippen LogP contribution >= 0.6 is 0 Å². The lowest BCUT2D eigenvalue weighted by molar-refractivity contribution is 0.229. The summed E-state index contributed by atoms with van der Waals surface area (Å²) in [7, 11) is 0. The Kier molecular flexibility index (Phi) is 3.36. The molecular weight excluding hydrogens is 220 g/mol. The van der Waals surface area contributed by atoms with Gasteiger partial charge in [0.2, 0.25) is 0 Å². The fourth-order valence-electron chi connectivity index (χ4n) is 2.65. The Morgan fingerprint density at radius 1 is 1.29 bits per heavy atom. The number of halogens is 2. The first-order valence-corrected chi connectivity index (χ1v) is 6.18. The molecule has 17 heavy (non-hydrogen) atoms. The van der Waals surface area contributed by atoms with Crippen LogP contribution in [0.15, 0.2) is 18.2 Å². The van der Waals surface area contributed by atoms with Crippen molar-refractivity contribution in [1.82, 2.24) is 0 Å². The van der Waals surface area contributed by atoms with Gasteiger partial charge in [-0.2, -0.15) is 0 Å². The molecule has 1 N–H and O–H groups in total. The molecule has 94 valence electrons. The van der Waals surface area contributed by atoms with E-state index in [2.05, 4.69) is 19.2 Å². The van der Waals surface area contributed by atoms with E-state index in [1.807, 2.05) is 0 Å². The molecule has 1 saturated carbocycles. The lowest BCUT2D eigenvalue weighted by Crippen LogP contribution is -2.32. The first kappa shape index (κ1) is 12.3. The van der Waals surface area contributed by atoms with Gasteiger partial charge in [0.25, 0.3) is 0 Å². The van der Waals surface area contributed by atoms with Gasteiger partial charge in [-0.15, -0.1) is 0 Å². The van der Waals surface area contributed by atoms with Crippen LogP contribution in [0.4, 0.5) is 14.5 Å². The molecule has 0 aliphatic heterocycles. The SMILES string of the molecule is CC1(C)CCCC(Nc2ccc(F)cc2F)C1. The van der Waals surface area contributed by atoms with E-state index in [4.69, 9.17) is 0 Å². The second-order valence-electron chi connectivity index (χ2n) is 5.73. The molecule has 1 aliphatic rings. The van der Waals surface area contributed by atoms with E-state index in [0.717, 1.165) is 25.3 Å². The summed E-state index contributed by atoms with van der Waals surface area (Å²) >= 11 is 0. The van der Waals surface area contributed by atoms with Crippen molar-refractivity contribution in [2.75, 3.05) is 5.32 Å². The van der Waals surface area contributed by atoms with Gasteiger partial charge in [-0.1, -0.05) is 20.3 Å². The Hall–Kier alpha value is -1.12. The topological polar surface area (TPSA) is 12.0 Å². The number of anilines is 1. The minimum Gasteiger partial charge on any atom is -0.380 e. The van der Waals surface area contributed by atoms with Crippen LogP contribution in [0.3, 0.4) is 0 Å². The maximum absolute atomic E-state index is 13.5. The largest absolute Gasteiger partial charge is 0.380 e. The van der Waals surface area contributed by atoms with Crippen molar-refractivity contribution < 1.29 is 8.78 Å². The zero-order valence-electron chi connectivity index (χ0n) is 10.4. The van der Waals surface area contributed by atoms with Crippen LogP contribution < -0.4 is 5.32 Å². The maximum atomic E-state index is 13.5. The first-order chi connectivity index (χ1) is 7.96. The summed E-state index contributed by atoms with van der Waals surface area (Å²) < 4.78 is 26.3. The van der Waals surface area contributed by atoms with Gasteiger partial charge < -0.3 is 5.32 Å². The molecule has 1 aromatic carbocycles. The van der Waals surface area contributed by atoms with Crippen molar-refractivity contribution in [3.63, 3.8) is 0 Å². The van der Waals surface area contributed by atoms with Crippen LogP contribution in [0.25, 0.3) is 0 Å². The molecule has 1 aliphatic carbocycles. The predicted octanol–water partition coefficient (Wildman–Crippen LogP) is 4.35. The molecular formula is C14H19F2N. The van der Waals surface area contributed by atoms with Gasteiger partial charge in [-0.3, -0.25) is 0 Å². The van der Waals surface area contributed by atoms with Gasteiger partial charge in [0.05, 0.1) is 5.69 Å². The summed E-state index contributed by atoms with van der Waals surface area (Å²) in [5.41, 5.74) is 0.723. The first-order valence-electron chi connectivity index (χ1n) is 6.18. The van der Waals surface area contributed by atoms with Crippen LogP contribution in [0, 0.1) is 17.0 Å². The Morgan fingerprint density at radius 2 is 2.06 bits per heavy atom. The quantitative estimate of drug-likeness (QED) is 0.809. The van der Waals surface area contributed by atoms with Gasteiger partial charge in [0, 0.05) is 12.1 Å². The minimum atomic E-state index is -0.531. The molecule has 1 fully saturated rings. The van der Waals surface area contributed by atoms with E-state index in [1.165, 1.54) is 18.6 Å². The third kappa shape index (κ3) is 3.18. The van der Waals surface area contributed by atoms with Crippen molar-refractivity contribution in [1.29, 1.82) is 0 Å². The summed E-state index contributed by atoms with van der Waals surface area (Å²) in [5, 5.41) is 3.19. The number of benzene rings is 1. The second-order valence-corrected chi connectivity index (χ2v) is 5.73. The lowest BCUT2D eigenvalue weighted by atomic mass is 9.75. The van der Waals surface area contributed by atoms with Crippen LogP contribution in [-0.4, -0.2) is 6.04 Å². The van der Waals surface area contributed by atoms with Crippen LogP contribution in [0.2, 0.25) is 0 Å². The lowest BCUT2D eigenvalue weighted by Gasteiger charge is -2.36. The summed E-state index contributed by atoms with van der Waals surface area (Å²) in [6.07, 6.45) is 4.47. The summed E-state index contributed by atoms with van der Waals surface area (Å²) in [6.45, 7) is 4.48. The highest BCUT2D eigenvalue weighted by molar-refractivity contribution is 5.45. The smallest absolute Gasteiger partial charge is 0.149 e. The highest BCUT2D eigenvalue weighted by atomic mass is 19.1. The molecule has 1 nitrogen and oxygen atoms in total. The Morgan fingerprint density at radius 3 is 2.71 bits per heavy atom. The summed E-state index contributed by atoms with van der Waals surface area (Å²) in [5.74, 6) is -1.04. The number of hydrogen-bond acceptors (Lipinski definition) is 1. The second kappa shape index (κ2) is 4.63. The molecule has 1 unspecified atom stereocenters. The molecule has 0 bridgehead atoms. The minimum absolute atomic E-state index is 0.290. The van der Waals surface area contributed by atoms with Crippen LogP contribution in [0.1, 0.15) is 39.5 Å². The predicted molar refractivity (Wildman–Crippen MR) is 66.0 cm³/mol. The van der Waals surface area contributed by atoms with Gasteiger partial charge in [-0.05, 0) is 36.8 Å². The van der Waals surface area contributed by atoms with Crippen molar-refractivity contribution in [3.05, 3.63) is 29.8 Å². The molecule has 2 rings (SSSR count). The molecule has 3 heteroatoms. The zero-order chi connectivity index (χ0) is 12.5. The average molecular weight is 239 g/mol. The molecule has 0 heterocycles. The van der Waals surface area contributed by atoms with Gasteiger partial charge >= 0.3 is 0 Å². The Bertz CT molecular complexity index is 401. The highest BCUT2D eigenvalue weighted by Gasteiger charge is 2.28. The van der Waals surface area contributed by atoms with Crippen molar-refractivity contribution in [2.24, 2.45) is 5.41 Å². The normalized spacial score (nSPS) is 23.4. The van der Waals surface area contributed by atoms with Gasteiger partial charge in [0.1, 0.15) is 11.6 Å². The maximum Gasteiger partial charge on any atom is 0.149 e. The monoisotopic (exact) mass is 239 g/mol. The van der Waals surface area contributed by atoms with Crippen molar-refractivity contribution in [3.8, 4) is 0 Å². The average Bonchev–Trinajstić information content (AvgIpc) is 2.21. The molecule has 1 atom stereocenters. The molecule has 0 radical (unpaired) electrons. The van der Waals surface area contributed by atoms with Gasteiger partial charge in [0.15, 0.2) is 0 Å². The van der Waals surface area contributed by atoms with E-state index in [9.17, 15) is 8.78 Å². The molecule has 0 spiro atoms. The molecule has 1 aromatic rings.